The second kappa shape index (κ2) is 6.53. The van der Waals surface area contributed by atoms with E-state index in [0.29, 0.717) is 28.6 Å². The monoisotopic (exact) mass is 329 g/mol. The van der Waals surface area contributed by atoms with Gasteiger partial charge in [0.25, 0.3) is 5.89 Å². The third-order valence-electron chi connectivity index (χ3n) is 3.36. The van der Waals surface area contributed by atoms with Crippen LogP contribution in [-0.4, -0.2) is 28.4 Å². The van der Waals surface area contributed by atoms with Crippen LogP contribution in [0.4, 0.5) is 0 Å². The van der Waals surface area contributed by atoms with Crippen LogP contribution in [0.3, 0.4) is 0 Å². The molecule has 0 fully saturated rings. The normalized spacial score (nSPS) is 10.6. The average Bonchev–Trinajstić information content (AvgIpc) is 3.19. The topological polar surface area (TPSA) is 100 Å². The fourth-order valence-electron chi connectivity index (χ4n) is 2.17. The molecule has 0 aliphatic heterocycles. The van der Waals surface area contributed by atoms with Crippen molar-refractivity contribution < 1.29 is 23.3 Å². The Morgan fingerprint density at radius 1 is 1.21 bits per heavy atom. The molecule has 0 radical (unpaired) electrons. The molecular weight excluding hydrogens is 314 g/mol. The van der Waals surface area contributed by atoms with Gasteiger partial charge in [0.2, 0.25) is 5.82 Å². The SMILES string of the molecule is COc1cccc(-c2noc(COC(=O)c3c(C)noc3C)n2)c1. The van der Waals surface area contributed by atoms with Gasteiger partial charge in [-0.1, -0.05) is 22.4 Å². The quantitative estimate of drug-likeness (QED) is 0.659. The summed E-state index contributed by atoms with van der Waals surface area (Å²) in [4.78, 5) is 16.3. The Balaban J connectivity index is 1.69. The highest BCUT2D eigenvalue weighted by Crippen LogP contribution is 2.21. The van der Waals surface area contributed by atoms with Crippen LogP contribution in [-0.2, 0) is 11.3 Å². The minimum Gasteiger partial charge on any atom is -0.497 e. The Labute approximate surface area is 137 Å². The number of carbonyl (C=O) groups is 1. The zero-order chi connectivity index (χ0) is 17.1. The van der Waals surface area contributed by atoms with Gasteiger partial charge in [-0.3, -0.25) is 0 Å². The van der Waals surface area contributed by atoms with E-state index in [1.807, 2.05) is 18.2 Å². The lowest BCUT2D eigenvalue weighted by molar-refractivity contribution is 0.0427. The largest absolute Gasteiger partial charge is 0.497 e. The highest BCUT2D eigenvalue weighted by Gasteiger charge is 2.20. The van der Waals surface area contributed by atoms with E-state index < -0.39 is 5.97 Å². The van der Waals surface area contributed by atoms with Gasteiger partial charge in [0.15, 0.2) is 6.61 Å². The van der Waals surface area contributed by atoms with Crippen molar-refractivity contribution >= 4 is 5.97 Å². The summed E-state index contributed by atoms with van der Waals surface area (Å²) in [5, 5.41) is 7.59. The molecule has 8 heteroatoms. The Hall–Kier alpha value is -3.16. The molecule has 0 saturated carbocycles. The van der Waals surface area contributed by atoms with Gasteiger partial charge in [-0.2, -0.15) is 4.98 Å². The Bertz CT molecular complexity index is 849. The summed E-state index contributed by atoms with van der Waals surface area (Å²) in [5.74, 6) is 1.11. The number of benzene rings is 1. The number of carbonyl (C=O) groups excluding carboxylic acids is 1. The lowest BCUT2D eigenvalue weighted by Gasteiger charge is -2.00. The number of hydrogen-bond acceptors (Lipinski definition) is 8. The van der Waals surface area contributed by atoms with Gasteiger partial charge in [-0.25, -0.2) is 4.79 Å². The number of methoxy groups -OCH3 is 1. The van der Waals surface area contributed by atoms with Gasteiger partial charge in [0, 0.05) is 5.56 Å². The van der Waals surface area contributed by atoms with Crippen molar-refractivity contribution in [3.05, 3.63) is 47.2 Å². The van der Waals surface area contributed by atoms with Gasteiger partial charge in [-0.05, 0) is 26.0 Å². The van der Waals surface area contributed by atoms with Crippen LogP contribution >= 0.6 is 0 Å². The van der Waals surface area contributed by atoms with Crippen LogP contribution in [0.5, 0.6) is 5.75 Å². The molecule has 2 heterocycles. The first kappa shape index (κ1) is 15.7. The number of ether oxygens (including phenoxy) is 2. The van der Waals surface area contributed by atoms with E-state index >= 15 is 0 Å². The highest BCUT2D eigenvalue weighted by molar-refractivity contribution is 5.91. The second-order valence-electron chi connectivity index (χ2n) is 5.02. The lowest BCUT2D eigenvalue weighted by Crippen LogP contribution is -2.07. The molecular formula is C16H15N3O5. The molecule has 0 amide bonds. The average molecular weight is 329 g/mol. The van der Waals surface area contributed by atoms with Crippen LogP contribution in [0.25, 0.3) is 11.4 Å². The molecule has 3 aromatic rings. The zero-order valence-electron chi connectivity index (χ0n) is 13.4. The van der Waals surface area contributed by atoms with Gasteiger partial charge < -0.3 is 18.5 Å². The third-order valence-corrected chi connectivity index (χ3v) is 3.36. The van der Waals surface area contributed by atoms with E-state index in [2.05, 4.69) is 15.3 Å². The molecule has 2 aromatic heterocycles. The minimum atomic E-state index is -0.549. The number of hydrogen-bond donors (Lipinski definition) is 0. The highest BCUT2D eigenvalue weighted by atomic mass is 16.6. The van der Waals surface area contributed by atoms with Crippen molar-refractivity contribution in [2.45, 2.75) is 20.5 Å². The van der Waals surface area contributed by atoms with Crippen molar-refractivity contribution in [1.29, 1.82) is 0 Å². The smallest absolute Gasteiger partial charge is 0.344 e. The molecule has 0 atom stereocenters. The van der Waals surface area contributed by atoms with Crippen molar-refractivity contribution in [2.75, 3.05) is 7.11 Å². The van der Waals surface area contributed by atoms with E-state index in [-0.39, 0.29) is 12.5 Å². The maximum atomic E-state index is 12.1. The first-order valence-corrected chi connectivity index (χ1v) is 7.15. The van der Waals surface area contributed by atoms with Crippen molar-refractivity contribution in [2.24, 2.45) is 0 Å². The summed E-state index contributed by atoms with van der Waals surface area (Å²) in [7, 11) is 1.58. The molecule has 0 aliphatic carbocycles. The van der Waals surface area contributed by atoms with E-state index in [1.54, 1.807) is 27.0 Å². The number of aryl methyl sites for hydroxylation is 2. The molecule has 0 N–H and O–H groups in total. The Kier molecular flexibility index (Phi) is 4.28. The molecule has 0 saturated heterocycles. The summed E-state index contributed by atoms with van der Waals surface area (Å²) in [6.07, 6.45) is 0. The molecule has 0 bridgehead atoms. The Morgan fingerprint density at radius 3 is 2.75 bits per heavy atom. The minimum absolute atomic E-state index is 0.139. The maximum absolute atomic E-state index is 12.1. The summed E-state index contributed by atoms with van der Waals surface area (Å²) in [6.45, 7) is 3.17. The predicted molar refractivity (Wildman–Crippen MR) is 81.4 cm³/mol. The fraction of sp³-hybridized carbons (Fsp3) is 0.250. The lowest BCUT2D eigenvalue weighted by atomic mass is 10.2. The fourth-order valence-corrected chi connectivity index (χ4v) is 2.17. The van der Waals surface area contributed by atoms with E-state index in [9.17, 15) is 4.79 Å². The van der Waals surface area contributed by atoms with E-state index in [4.69, 9.17) is 18.5 Å². The number of nitrogens with zero attached hydrogens (tertiary/aromatic N) is 3. The molecule has 0 spiro atoms. The van der Waals surface area contributed by atoms with E-state index in [0.717, 1.165) is 5.56 Å². The molecule has 1 aromatic carbocycles. The van der Waals surface area contributed by atoms with Crippen LogP contribution in [0, 0.1) is 13.8 Å². The number of aromatic nitrogens is 3. The van der Waals surface area contributed by atoms with Crippen molar-refractivity contribution in [3.8, 4) is 17.1 Å². The number of esters is 1. The van der Waals surface area contributed by atoms with Gasteiger partial charge in [0.1, 0.15) is 17.1 Å². The van der Waals surface area contributed by atoms with Crippen LogP contribution in [0.1, 0.15) is 27.7 Å². The Morgan fingerprint density at radius 2 is 2.04 bits per heavy atom. The standard InChI is InChI=1S/C16H15N3O5/c1-9-14(10(2)23-18-9)16(20)22-8-13-17-15(19-24-13)11-5-4-6-12(7-11)21-3/h4-7H,8H2,1-3H3. The maximum Gasteiger partial charge on any atom is 0.344 e. The van der Waals surface area contributed by atoms with Crippen LogP contribution in [0.15, 0.2) is 33.3 Å². The third kappa shape index (κ3) is 3.12. The zero-order valence-corrected chi connectivity index (χ0v) is 13.4. The predicted octanol–water partition coefficient (Wildman–Crippen LogP) is 2.71. The molecule has 24 heavy (non-hydrogen) atoms. The van der Waals surface area contributed by atoms with Crippen molar-refractivity contribution in [3.63, 3.8) is 0 Å². The first-order chi connectivity index (χ1) is 11.6. The van der Waals surface area contributed by atoms with E-state index in [1.165, 1.54) is 0 Å². The van der Waals surface area contributed by atoms with Crippen LogP contribution < -0.4 is 4.74 Å². The first-order valence-electron chi connectivity index (χ1n) is 7.15. The van der Waals surface area contributed by atoms with Crippen LogP contribution in [0.2, 0.25) is 0 Å². The van der Waals surface area contributed by atoms with Crippen molar-refractivity contribution in [1.82, 2.24) is 15.3 Å². The van der Waals surface area contributed by atoms with Gasteiger partial charge in [0.05, 0.1) is 12.8 Å². The summed E-state index contributed by atoms with van der Waals surface area (Å²) >= 11 is 0. The summed E-state index contributed by atoms with van der Waals surface area (Å²) in [5.41, 5.74) is 1.52. The summed E-state index contributed by atoms with van der Waals surface area (Å²) < 4.78 is 20.4. The molecule has 0 unspecified atom stereocenters. The van der Waals surface area contributed by atoms with Gasteiger partial charge >= 0.3 is 5.97 Å². The molecule has 124 valence electrons. The van der Waals surface area contributed by atoms with Gasteiger partial charge in [-0.15, -0.1) is 0 Å². The number of rotatable bonds is 5. The summed E-state index contributed by atoms with van der Waals surface area (Å²) in [6, 6.07) is 7.25. The molecule has 8 nitrogen and oxygen atoms in total. The molecule has 0 aliphatic rings. The second-order valence-corrected chi connectivity index (χ2v) is 5.02. The molecule has 3 rings (SSSR count).